The van der Waals surface area contributed by atoms with E-state index < -0.39 is 0 Å². The zero-order chi connectivity index (χ0) is 26.4. The Morgan fingerprint density at radius 2 is 1.76 bits per heavy atom. The summed E-state index contributed by atoms with van der Waals surface area (Å²) in [6, 6.07) is 10.2. The van der Waals surface area contributed by atoms with E-state index in [1.54, 1.807) is 6.07 Å². The molecular weight excluding hydrogens is 508 g/mol. The lowest BCUT2D eigenvalue weighted by Gasteiger charge is -2.40. The van der Waals surface area contributed by atoms with Crippen LogP contribution in [-0.4, -0.2) is 89.2 Å². The second kappa shape index (κ2) is 12.8. The quantitative estimate of drug-likeness (QED) is 0.281. The van der Waals surface area contributed by atoms with Crippen molar-refractivity contribution < 1.29 is 9.59 Å². The van der Waals surface area contributed by atoms with Gasteiger partial charge < -0.3 is 19.6 Å². The molecular formula is C27H37ClN6O2S. The Hall–Kier alpha value is -2.52. The van der Waals surface area contributed by atoms with Gasteiger partial charge in [-0.15, -0.1) is 0 Å². The van der Waals surface area contributed by atoms with Crippen LogP contribution < -0.4 is 9.80 Å². The first-order valence-corrected chi connectivity index (χ1v) is 14.5. The first kappa shape index (κ1) is 27.5. The first-order valence-electron chi connectivity index (χ1n) is 13.2. The van der Waals surface area contributed by atoms with Crippen LogP contribution in [0, 0.1) is 6.92 Å². The fraction of sp³-hybridized carbons (Fsp3) is 0.556. The lowest BCUT2D eigenvalue weighted by molar-refractivity contribution is -0.133. The molecule has 2 saturated heterocycles. The van der Waals surface area contributed by atoms with Gasteiger partial charge in [0, 0.05) is 70.0 Å². The number of hydrogen-bond acceptors (Lipinski definition) is 7. The molecule has 3 heterocycles. The SMILES string of the molecule is CCCCC(=O)N1CCN(c2cc(Cl)nc(SCC(=O)N3CCN(c4ccccc4C)CC3)n2)CC1C. The topological polar surface area (TPSA) is 72.9 Å². The Labute approximate surface area is 229 Å². The molecule has 8 nitrogen and oxygen atoms in total. The van der Waals surface area contributed by atoms with Gasteiger partial charge in [-0.3, -0.25) is 9.59 Å². The van der Waals surface area contributed by atoms with Crippen LogP contribution in [0.5, 0.6) is 0 Å². The summed E-state index contributed by atoms with van der Waals surface area (Å²) in [6.07, 6.45) is 2.55. The number of amides is 2. The van der Waals surface area contributed by atoms with Gasteiger partial charge in [0.15, 0.2) is 5.16 Å². The van der Waals surface area contributed by atoms with Gasteiger partial charge in [0.05, 0.1) is 5.75 Å². The highest BCUT2D eigenvalue weighted by Gasteiger charge is 2.28. The van der Waals surface area contributed by atoms with Gasteiger partial charge >= 0.3 is 0 Å². The van der Waals surface area contributed by atoms with Crippen molar-refractivity contribution in [2.75, 3.05) is 61.4 Å². The normalized spacial score (nSPS) is 18.3. The summed E-state index contributed by atoms with van der Waals surface area (Å²) in [5.41, 5.74) is 2.50. The Kier molecular flexibility index (Phi) is 9.54. The van der Waals surface area contributed by atoms with Crippen molar-refractivity contribution in [3.63, 3.8) is 0 Å². The highest BCUT2D eigenvalue weighted by atomic mass is 35.5. The minimum absolute atomic E-state index is 0.0902. The van der Waals surface area contributed by atoms with E-state index in [-0.39, 0.29) is 23.6 Å². The summed E-state index contributed by atoms with van der Waals surface area (Å²) in [7, 11) is 0. The molecule has 0 saturated carbocycles. The lowest BCUT2D eigenvalue weighted by Crippen LogP contribution is -2.54. The minimum Gasteiger partial charge on any atom is -0.368 e. The van der Waals surface area contributed by atoms with Crippen molar-refractivity contribution in [1.29, 1.82) is 0 Å². The van der Waals surface area contributed by atoms with Gasteiger partial charge in [0.2, 0.25) is 11.8 Å². The van der Waals surface area contributed by atoms with Crippen LogP contribution >= 0.6 is 23.4 Å². The van der Waals surface area contributed by atoms with Crippen LogP contribution in [0.3, 0.4) is 0 Å². The third-order valence-electron chi connectivity index (χ3n) is 7.09. The highest BCUT2D eigenvalue weighted by Crippen LogP contribution is 2.25. The molecule has 0 bridgehead atoms. The number of halogens is 1. The maximum absolute atomic E-state index is 12.9. The number of carbonyl (C=O) groups excluding carboxylic acids is 2. The summed E-state index contributed by atoms with van der Waals surface area (Å²) in [5, 5.41) is 0.865. The van der Waals surface area contributed by atoms with Crippen LogP contribution in [0.15, 0.2) is 35.5 Å². The monoisotopic (exact) mass is 544 g/mol. The molecule has 2 amide bonds. The van der Waals surface area contributed by atoms with Crippen LogP contribution in [0.2, 0.25) is 5.15 Å². The molecule has 1 aromatic heterocycles. The molecule has 200 valence electrons. The van der Waals surface area contributed by atoms with Gasteiger partial charge in [0.1, 0.15) is 11.0 Å². The predicted octanol–water partition coefficient (Wildman–Crippen LogP) is 4.11. The second-order valence-corrected chi connectivity index (χ2v) is 11.1. The molecule has 37 heavy (non-hydrogen) atoms. The van der Waals surface area contributed by atoms with Crippen LogP contribution in [0.1, 0.15) is 38.7 Å². The van der Waals surface area contributed by atoms with E-state index in [0.717, 1.165) is 31.7 Å². The second-order valence-electron chi connectivity index (χ2n) is 9.76. The largest absolute Gasteiger partial charge is 0.368 e. The Morgan fingerprint density at radius 1 is 1.03 bits per heavy atom. The fourth-order valence-corrected chi connectivity index (χ4v) is 5.94. The first-order chi connectivity index (χ1) is 17.9. The molecule has 0 aliphatic carbocycles. The molecule has 2 aliphatic rings. The van der Waals surface area contributed by atoms with E-state index >= 15 is 0 Å². The molecule has 1 atom stereocenters. The molecule has 2 aliphatic heterocycles. The van der Waals surface area contributed by atoms with Crippen molar-refractivity contribution in [3.05, 3.63) is 41.0 Å². The number of nitrogens with zero attached hydrogens (tertiary/aromatic N) is 6. The zero-order valence-corrected chi connectivity index (χ0v) is 23.6. The maximum Gasteiger partial charge on any atom is 0.233 e. The molecule has 2 fully saturated rings. The standard InChI is InChI=1S/C27H37ClN6O2S/c1-4-5-10-25(35)34-16-15-33(18-21(34)3)24-17-23(28)29-27(30-24)37-19-26(36)32-13-11-31(12-14-32)22-9-7-6-8-20(22)2/h6-9,17,21H,4-5,10-16,18-19H2,1-3H3. The van der Waals surface area contributed by atoms with E-state index in [2.05, 4.69) is 59.8 Å². The number of aryl methyl sites for hydroxylation is 1. The molecule has 0 spiro atoms. The van der Waals surface area contributed by atoms with E-state index in [4.69, 9.17) is 16.6 Å². The van der Waals surface area contributed by atoms with Crippen molar-refractivity contribution >= 4 is 46.7 Å². The number of hydrogen-bond donors (Lipinski definition) is 0. The van der Waals surface area contributed by atoms with Gasteiger partial charge in [-0.1, -0.05) is 54.9 Å². The number of carbonyl (C=O) groups is 2. The molecule has 0 radical (unpaired) electrons. The third kappa shape index (κ3) is 7.08. The van der Waals surface area contributed by atoms with Crippen molar-refractivity contribution in [1.82, 2.24) is 19.8 Å². The van der Waals surface area contributed by atoms with E-state index in [9.17, 15) is 9.59 Å². The average Bonchev–Trinajstić information content (AvgIpc) is 2.90. The van der Waals surface area contributed by atoms with Crippen LogP contribution in [-0.2, 0) is 9.59 Å². The van der Waals surface area contributed by atoms with Crippen molar-refractivity contribution in [2.45, 2.75) is 51.2 Å². The Morgan fingerprint density at radius 3 is 2.46 bits per heavy atom. The summed E-state index contributed by atoms with van der Waals surface area (Å²) in [5.74, 6) is 1.34. The number of rotatable bonds is 8. The molecule has 0 N–H and O–H groups in total. The van der Waals surface area contributed by atoms with E-state index in [1.807, 2.05) is 9.80 Å². The van der Waals surface area contributed by atoms with Crippen LogP contribution in [0.25, 0.3) is 0 Å². The lowest BCUT2D eigenvalue weighted by atomic mass is 10.1. The average molecular weight is 545 g/mol. The summed E-state index contributed by atoms with van der Waals surface area (Å²) < 4.78 is 0. The summed E-state index contributed by atoms with van der Waals surface area (Å²) in [6.45, 7) is 11.4. The predicted molar refractivity (Wildman–Crippen MR) is 151 cm³/mol. The van der Waals surface area contributed by atoms with Gasteiger partial charge in [0.25, 0.3) is 0 Å². The molecule has 2 aromatic rings. The zero-order valence-electron chi connectivity index (χ0n) is 22.0. The number of benzene rings is 1. The van der Waals surface area contributed by atoms with Crippen molar-refractivity contribution in [2.24, 2.45) is 0 Å². The highest BCUT2D eigenvalue weighted by molar-refractivity contribution is 7.99. The number of anilines is 2. The Balaban J connectivity index is 1.29. The van der Waals surface area contributed by atoms with E-state index in [1.165, 1.54) is 23.0 Å². The third-order valence-corrected chi connectivity index (χ3v) is 8.12. The smallest absolute Gasteiger partial charge is 0.233 e. The summed E-state index contributed by atoms with van der Waals surface area (Å²) >= 11 is 7.66. The number of unbranched alkanes of at least 4 members (excludes halogenated alkanes) is 1. The minimum atomic E-state index is 0.0902. The van der Waals surface area contributed by atoms with Gasteiger partial charge in [-0.05, 0) is 31.9 Å². The molecule has 10 heteroatoms. The summed E-state index contributed by atoms with van der Waals surface area (Å²) in [4.78, 5) is 42.9. The Bertz CT molecular complexity index is 1090. The van der Waals surface area contributed by atoms with Gasteiger partial charge in [-0.25, -0.2) is 9.97 Å². The number of aromatic nitrogens is 2. The van der Waals surface area contributed by atoms with E-state index in [0.29, 0.717) is 49.5 Å². The number of para-hydroxylation sites is 1. The van der Waals surface area contributed by atoms with Crippen molar-refractivity contribution in [3.8, 4) is 0 Å². The number of thioether (sulfide) groups is 1. The maximum atomic E-state index is 12.9. The molecule has 1 aromatic carbocycles. The molecule has 1 unspecified atom stereocenters. The van der Waals surface area contributed by atoms with Gasteiger partial charge in [-0.2, -0.15) is 0 Å². The number of piperazine rings is 2. The van der Waals surface area contributed by atoms with Crippen LogP contribution in [0.4, 0.5) is 11.5 Å². The molecule has 4 rings (SSSR count). The fourth-order valence-electron chi connectivity index (χ4n) is 4.95.